The van der Waals surface area contributed by atoms with E-state index in [2.05, 4.69) is 27.9 Å². The van der Waals surface area contributed by atoms with Crippen molar-refractivity contribution < 1.29 is 4.92 Å². The molecule has 27 heavy (non-hydrogen) atoms. The molecule has 1 fully saturated rings. The topological polar surface area (TPSA) is 75.4 Å². The van der Waals surface area contributed by atoms with Crippen LogP contribution in [0.2, 0.25) is 0 Å². The zero-order chi connectivity index (χ0) is 18.8. The Balaban J connectivity index is 1.56. The van der Waals surface area contributed by atoms with Crippen molar-refractivity contribution in [1.29, 1.82) is 0 Å². The lowest BCUT2D eigenvalue weighted by Gasteiger charge is -2.33. The second kappa shape index (κ2) is 7.42. The molecule has 1 aliphatic heterocycles. The van der Waals surface area contributed by atoms with Crippen LogP contribution in [0.25, 0.3) is 21.8 Å². The van der Waals surface area contributed by atoms with Crippen molar-refractivity contribution in [3.05, 3.63) is 58.1 Å². The molecule has 3 aromatic rings. The van der Waals surface area contributed by atoms with Gasteiger partial charge in [-0.25, -0.2) is 9.97 Å². The standard InChI is InChI=1S/C19H19N5O2S/c1-22-8-10-23(11-9-22)18-12-15(6-7-20-18)19-21-17(13-27-19)14-2-4-16(5-3-14)24(25)26/h2-7,12-13H,8-11H2,1H3. The third kappa shape index (κ3) is 3.81. The average Bonchev–Trinajstić information content (AvgIpc) is 3.19. The molecule has 7 nitrogen and oxygen atoms in total. The summed E-state index contributed by atoms with van der Waals surface area (Å²) < 4.78 is 0. The molecule has 0 saturated carbocycles. The molecule has 3 heterocycles. The molecule has 1 saturated heterocycles. The summed E-state index contributed by atoms with van der Waals surface area (Å²) in [5.74, 6) is 0.979. The van der Waals surface area contributed by atoms with Crippen molar-refractivity contribution in [2.24, 2.45) is 0 Å². The van der Waals surface area contributed by atoms with E-state index in [0.29, 0.717) is 0 Å². The van der Waals surface area contributed by atoms with Gasteiger partial charge in [-0.2, -0.15) is 0 Å². The Labute approximate surface area is 161 Å². The second-order valence-electron chi connectivity index (χ2n) is 6.53. The van der Waals surface area contributed by atoms with Crippen LogP contribution in [0.4, 0.5) is 11.5 Å². The molecule has 0 radical (unpaired) electrons. The van der Waals surface area contributed by atoms with Crippen molar-refractivity contribution in [3.8, 4) is 21.8 Å². The van der Waals surface area contributed by atoms with Crippen LogP contribution >= 0.6 is 11.3 Å². The minimum Gasteiger partial charge on any atom is -0.354 e. The van der Waals surface area contributed by atoms with E-state index in [1.54, 1.807) is 23.5 Å². The van der Waals surface area contributed by atoms with Crippen LogP contribution in [0.1, 0.15) is 0 Å². The van der Waals surface area contributed by atoms with Crippen LogP contribution in [0, 0.1) is 10.1 Å². The number of anilines is 1. The van der Waals surface area contributed by atoms with Crippen LogP contribution in [-0.2, 0) is 0 Å². The maximum Gasteiger partial charge on any atom is 0.269 e. The highest BCUT2D eigenvalue weighted by molar-refractivity contribution is 7.13. The summed E-state index contributed by atoms with van der Waals surface area (Å²) >= 11 is 1.56. The van der Waals surface area contributed by atoms with Crippen LogP contribution in [0.5, 0.6) is 0 Å². The van der Waals surface area contributed by atoms with Crippen LogP contribution in [0.15, 0.2) is 48.0 Å². The molecule has 4 rings (SSSR count). The fourth-order valence-electron chi connectivity index (χ4n) is 3.05. The van der Waals surface area contributed by atoms with Crippen LogP contribution in [0.3, 0.4) is 0 Å². The number of benzene rings is 1. The van der Waals surface area contributed by atoms with Crippen molar-refractivity contribution >= 4 is 22.8 Å². The number of piperazine rings is 1. The number of rotatable bonds is 4. The number of thiazole rings is 1. The number of aromatic nitrogens is 2. The van der Waals surface area contributed by atoms with Crippen molar-refractivity contribution in [1.82, 2.24) is 14.9 Å². The highest BCUT2D eigenvalue weighted by Crippen LogP contribution is 2.31. The predicted octanol–water partition coefficient (Wildman–Crippen LogP) is 3.53. The molecule has 0 unspecified atom stereocenters. The third-order valence-corrected chi connectivity index (χ3v) is 5.59. The van der Waals surface area contributed by atoms with Gasteiger partial charge in [0, 0.05) is 61.0 Å². The smallest absolute Gasteiger partial charge is 0.269 e. The quantitative estimate of drug-likeness (QED) is 0.508. The van der Waals surface area contributed by atoms with Gasteiger partial charge >= 0.3 is 0 Å². The highest BCUT2D eigenvalue weighted by Gasteiger charge is 2.16. The van der Waals surface area contributed by atoms with Crippen molar-refractivity contribution in [2.75, 3.05) is 38.1 Å². The van der Waals surface area contributed by atoms with Gasteiger partial charge in [-0.1, -0.05) is 0 Å². The van der Waals surface area contributed by atoms with E-state index in [1.165, 1.54) is 12.1 Å². The number of nitrogens with zero attached hydrogens (tertiary/aromatic N) is 5. The Morgan fingerprint density at radius 3 is 2.52 bits per heavy atom. The maximum absolute atomic E-state index is 10.8. The summed E-state index contributed by atoms with van der Waals surface area (Å²) in [5, 5.41) is 13.7. The zero-order valence-electron chi connectivity index (χ0n) is 14.9. The molecule has 0 atom stereocenters. The molecular weight excluding hydrogens is 362 g/mol. The summed E-state index contributed by atoms with van der Waals surface area (Å²) in [6.45, 7) is 4.01. The van der Waals surface area contributed by atoms with Gasteiger partial charge in [0.15, 0.2) is 0 Å². The zero-order valence-corrected chi connectivity index (χ0v) is 15.7. The summed E-state index contributed by atoms with van der Waals surface area (Å²) in [4.78, 5) is 24.3. The Bertz CT molecular complexity index is 949. The molecular formula is C19H19N5O2S. The number of non-ortho nitro benzene ring substituents is 1. The Kier molecular flexibility index (Phi) is 4.83. The first kappa shape index (κ1) is 17.6. The fraction of sp³-hybridized carbons (Fsp3) is 0.263. The van der Waals surface area contributed by atoms with Gasteiger partial charge in [0.1, 0.15) is 10.8 Å². The third-order valence-electron chi connectivity index (χ3n) is 4.70. The molecule has 0 spiro atoms. The highest BCUT2D eigenvalue weighted by atomic mass is 32.1. The fourth-order valence-corrected chi connectivity index (χ4v) is 3.88. The summed E-state index contributed by atoms with van der Waals surface area (Å²) in [6.07, 6.45) is 1.83. The van der Waals surface area contributed by atoms with E-state index < -0.39 is 4.92 Å². The van der Waals surface area contributed by atoms with Crippen molar-refractivity contribution in [3.63, 3.8) is 0 Å². The SMILES string of the molecule is CN1CCN(c2cc(-c3nc(-c4ccc([N+](=O)[O-])cc4)cs3)ccn2)CC1. The minimum atomic E-state index is -0.396. The van der Waals surface area contributed by atoms with E-state index in [1.807, 2.05) is 17.6 Å². The molecule has 0 amide bonds. The van der Waals surface area contributed by atoms with Gasteiger partial charge in [-0.3, -0.25) is 10.1 Å². The Hall–Kier alpha value is -2.84. The van der Waals surface area contributed by atoms with Crippen LogP contribution < -0.4 is 4.90 Å². The normalized spacial score (nSPS) is 15.1. The summed E-state index contributed by atoms with van der Waals surface area (Å²) in [6, 6.07) is 10.5. The lowest BCUT2D eigenvalue weighted by atomic mass is 10.1. The molecule has 2 aromatic heterocycles. The number of hydrogen-bond donors (Lipinski definition) is 0. The minimum absolute atomic E-state index is 0.0835. The van der Waals surface area contributed by atoms with Gasteiger partial charge in [0.2, 0.25) is 0 Å². The van der Waals surface area contributed by atoms with Crippen LogP contribution in [-0.4, -0.2) is 53.0 Å². The molecule has 0 N–H and O–H groups in total. The monoisotopic (exact) mass is 381 g/mol. The molecule has 1 aliphatic rings. The number of nitro groups is 1. The van der Waals surface area contributed by atoms with Gasteiger partial charge < -0.3 is 9.80 Å². The Morgan fingerprint density at radius 1 is 1.07 bits per heavy atom. The van der Waals surface area contributed by atoms with E-state index in [0.717, 1.165) is 53.8 Å². The summed E-state index contributed by atoms with van der Waals surface area (Å²) in [7, 11) is 2.14. The number of nitro benzene ring substituents is 1. The predicted molar refractivity (Wildman–Crippen MR) is 107 cm³/mol. The largest absolute Gasteiger partial charge is 0.354 e. The van der Waals surface area contributed by atoms with Gasteiger partial charge in [-0.15, -0.1) is 11.3 Å². The molecule has 138 valence electrons. The van der Waals surface area contributed by atoms with E-state index in [4.69, 9.17) is 4.98 Å². The molecule has 8 heteroatoms. The summed E-state index contributed by atoms with van der Waals surface area (Å²) in [5.41, 5.74) is 2.82. The van der Waals surface area contributed by atoms with Gasteiger partial charge in [-0.05, 0) is 31.3 Å². The number of likely N-dealkylation sites (N-methyl/N-ethyl adjacent to an activating group) is 1. The first-order valence-corrected chi connectivity index (χ1v) is 9.58. The van der Waals surface area contributed by atoms with E-state index in [-0.39, 0.29) is 5.69 Å². The van der Waals surface area contributed by atoms with E-state index in [9.17, 15) is 10.1 Å². The molecule has 1 aromatic carbocycles. The van der Waals surface area contributed by atoms with Gasteiger partial charge in [0.05, 0.1) is 10.6 Å². The first-order valence-electron chi connectivity index (χ1n) is 8.70. The van der Waals surface area contributed by atoms with Gasteiger partial charge in [0.25, 0.3) is 5.69 Å². The second-order valence-corrected chi connectivity index (χ2v) is 7.39. The number of hydrogen-bond acceptors (Lipinski definition) is 7. The number of pyridine rings is 1. The van der Waals surface area contributed by atoms with Crippen molar-refractivity contribution in [2.45, 2.75) is 0 Å². The maximum atomic E-state index is 10.8. The lowest BCUT2D eigenvalue weighted by molar-refractivity contribution is -0.384. The molecule has 0 aliphatic carbocycles. The first-order chi connectivity index (χ1) is 13.1. The molecule has 0 bridgehead atoms. The lowest BCUT2D eigenvalue weighted by Crippen LogP contribution is -2.44. The Morgan fingerprint density at radius 2 is 1.81 bits per heavy atom. The average molecular weight is 381 g/mol. The van der Waals surface area contributed by atoms with E-state index >= 15 is 0 Å².